The van der Waals surface area contributed by atoms with Gasteiger partial charge in [-0.3, -0.25) is 24.5 Å². The maximum absolute atomic E-state index is 11.0. The number of nitrogens with zero attached hydrogens (tertiary/aromatic N) is 1. The molecule has 10 heteroatoms. The second-order valence-corrected chi connectivity index (χ2v) is 3.99. The fourth-order valence-electron chi connectivity index (χ4n) is 1.51. The Balaban J connectivity index is 2.96. The molecular formula is C11H13NO9. The van der Waals surface area contributed by atoms with E-state index in [1.165, 1.54) is 0 Å². The summed E-state index contributed by atoms with van der Waals surface area (Å²) in [5.74, 6) is -2.64. The number of hydrogen-bond donors (Lipinski definition) is 0. The summed E-state index contributed by atoms with van der Waals surface area (Å²) in [6.07, 6.45) is -3.56. The monoisotopic (exact) mass is 303 g/mol. The summed E-state index contributed by atoms with van der Waals surface area (Å²) in [4.78, 5) is 42.8. The lowest BCUT2D eigenvalue weighted by Crippen LogP contribution is -2.34. The lowest BCUT2D eigenvalue weighted by atomic mass is 10.3. The molecule has 0 amide bonds. The number of nitro groups is 1. The molecule has 10 nitrogen and oxygen atoms in total. The van der Waals surface area contributed by atoms with Crippen molar-refractivity contribution >= 4 is 17.9 Å². The normalized spacial score (nSPS) is 20.3. The molecule has 0 saturated heterocycles. The minimum absolute atomic E-state index is 0.298. The van der Waals surface area contributed by atoms with Crippen LogP contribution in [0.25, 0.3) is 0 Å². The lowest BCUT2D eigenvalue weighted by molar-refractivity contribution is -0.577. The van der Waals surface area contributed by atoms with E-state index in [9.17, 15) is 24.5 Å². The first kappa shape index (κ1) is 16.4. The Morgan fingerprint density at radius 1 is 1.19 bits per heavy atom. The van der Waals surface area contributed by atoms with E-state index in [-0.39, 0.29) is 5.76 Å². The minimum Gasteiger partial charge on any atom is -0.446 e. The van der Waals surface area contributed by atoms with Crippen molar-refractivity contribution in [1.29, 1.82) is 0 Å². The third-order valence-electron chi connectivity index (χ3n) is 2.15. The summed E-state index contributed by atoms with van der Waals surface area (Å²) in [7, 11) is 0. The van der Waals surface area contributed by atoms with E-state index >= 15 is 0 Å². The Morgan fingerprint density at radius 2 is 1.71 bits per heavy atom. The van der Waals surface area contributed by atoms with Crippen molar-refractivity contribution in [3.05, 3.63) is 21.9 Å². The molecule has 116 valence electrons. The molecule has 0 aromatic heterocycles. The first-order valence-corrected chi connectivity index (χ1v) is 5.74. The molecule has 21 heavy (non-hydrogen) atoms. The molecule has 0 aromatic rings. The quantitative estimate of drug-likeness (QED) is 0.295. The molecule has 0 aromatic carbocycles. The van der Waals surface area contributed by atoms with Gasteiger partial charge >= 0.3 is 30.4 Å². The molecule has 1 aliphatic heterocycles. The summed E-state index contributed by atoms with van der Waals surface area (Å²) >= 11 is 0. The Hall–Kier alpha value is -2.65. The molecule has 0 bridgehead atoms. The number of rotatable bonds is 5. The number of hydrogen-bond acceptors (Lipinski definition) is 9. The van der Waals surface area contributed by atoms with Crippen LogP contribution in [-0.4, -0.2) is 41.5 Å². The summed E-state index contributed by atoms with van der Waals surface area (Å²) in [5, 5.41) is 10.8. The van der Waals surface area contributed by atoms with Gasteiger partial charge in [0, 0.05) is 26.8 Å². The van der Waals surface area contributed by atoms with Gasteiger partial charge in [-0.15, -0.1) is 0 Å². The first-order valence-electron chi connectivity index (χ1n) is 5.74. The van der Waals surface area contributed by atoms with Crippen LogP contribution in [0.15, 0.2) is 11.8 Å². The average Bonchev–Trinajstić information content (AvgIpc) is 2.69. The fraction of sp³-hybridized carbons (Fsp3) is 0.545. The van der Waals surface area contributed by atoms with Gasteiger partial charge in [-0.05, 0) is 0 Å². The topological polar surface area (TPSA) is 131 Å². The van der Waals surface area contributed by atoms with Crippen molar-refractivity contribution in [2.45, 2.75) is 39.4 Å². The van der Waals surface area contributed by atoms with Crippen LogP contribution < -0.4 is 0 Å². The van der Waals surface area contributed by atoms with Gasteiger partial charge in [0.1, 0.15) is 0 Å². The van der Waals surface area contributed by atoms with Gasteiger partial charge in [0.15, 0.2) is 5.76 Å². The van der Waals surface area contributed by atoms with E-state index in [2.05, 4.69) is 9.47 Å². The molecule has 1 rings (SSSR count). The number of esters is 3. The van der Waals surface area contributed by atoms with E-state index in [0.29, 0.717) is 0 Å². The van der Waals surface area contributed by atoms with E-state index in [1.807, 2.05) is 0 Å². The van der Waals surface area contributed by atoms with Gasteiger partial charge in [0.05, 0.1) is 4.92 Å². The van der Waals surface area contributed by atoms with Crippen LogP contribution in [0.1, 0.15) is 20.8 Å². The second kappa shape index (κ2) is 6.68. The summed E-state index contributed by atoms with van der Waals surface area (Å²) in [5.41, 5.74) is 0. The van der Waals surface area contributed by atoms with E-state index in [4.69, 9.17) is 9.47 Å². The van der Waals surface area contributed by atoms with Gasteiger partial charge in [-0.2, -0.15) is 0 Å². The summed E-state index contributed by atoms with van der Waals surface area (Å²) in [6, 6.07) is 0. The zero-order valence-corrected chi connectivity index (χ0v) is 11.4. The third kappa shape index (κ3) is 4.75. The van der Waals surface area contributed by atoms with Crippen molar-refractivity contribution in [2.24, 2.45) is 0 Å². The Bertz CT molecular complexity index is 482. The van der Waals surface area contributed by atoms with E-state index in [0.717, 1.165) is 26.8 Å². The highest BCUT2D eigenvalue weighted by Gasteiger charge is 2.44. The second-order valence-electron chi connectivity index (χ2n) is 3.99. The van der Waals surface area contributed by atoms with E-state index in [1.54, 1.807) is 0 Å². The van der Waals surface area contributed by atoms with Crippen molar-refractivity contribution in [3.8, 4) is 0 Å². The van der Waals surface area contributed by atoms with Crippen LogP contribution in [0, 0.1) is 10.1 Å². The lowest BCUT2D eigenvalue weighted by Gasteiger charge is -2.17. The highest BCUT2D eigenvalue weighted by molar-refractivity contribution is 5.69. The predicted octanol–water partition coefficient (Wildman–Crippen LogP) is -0.113. The minimum atomic E-state index is -1.71. The third-order valence-corrected chi connectivity index (χ3v) is 2.15. The Morgan fingerprint density at radius 3 is 2.10 bits per heavy atom. The summed E-state index contributed by atoms with van der Waals surface area (Å²) in [6.45, 7) is 3.18. The van der Waals surface area contributed by atoms with Crippen LogP contribution >= 0.6 is 0 Å². The van der Waals surface area contributed by atoms with Crippen LogP contribution in [0.5, 0.6) is 0 Å². The molecule has 0 fully saturated rings. The highest BCUT2D eigenvalue weighted by atomic mass is 16.7. The zero-order chi connectivity index (χ0) is 16.2. The van der Waals surface area contributed by atoms with E-state index < -0.39 is 41.5 Å². The fourth-order valence-corrected chi connectivity index (χ4v) is 1.51. The van der Waals surface area contributed by atoms with Gasteiger partial charge in [-0.1, -0.05) is 0 Å². The molecule has 2 atom stereocenters. The van der Waals surface area contributed by atoms with Gasteiger partial charge in [0.25, 0.3) is 0 Å². The van der Waals surface area contributed by atoms with Crippen LogP contribution in [-0.2, 0) is 33.3 Å². The van der Waals surface area contributed by atoms with Crippen molar-refractivity contribution < 1.29 is 38.3 Å². The Labute approximate surface area is 118 Å². The first-order chi connectivity index (χ1) is 9.70. The smallest absolute Gasteiger partial charge is 0.394 e. The average molecular weight is 303 g/mol. The zero-order valence-electron chi connectivity index (χ0n) is 11.4. The number of ether oxygens (including phenoxy) is 4. The largest absolute Gasteiger partial charge is 0.446 e. The van der Waals surface area contributed by atoms with Crippen molar-refractivity contribution in [1.82, 2.24) is 0 Å². The molecule has 2 unspecified atom stereocenters. The van der Waals surface area contributed by atoms with Gasteiger partial charge in [-0.25, -0.2) is 0 Å². The van der Waals surface area contributed by atoms with Crippen LogP contribution in [0.3, 0.4) is 0 Å². The number of carbonyl (C=O) groups excluding carboxylic acids is 3. The molecule has 0 spiro atoms. The molecular weight excluding hydrogens is 290 g/mol. The molecule has 0 saturated carbocycles. The van der Waals surface area contributed by atoms with Crippen LogP contribution in [0.4, 0.5) is 0 Å². The maximum Gasteiger partial charge on any atom is 0.394 e. The molecule has 0 N–H and O–H groups in total. The molecule has 0 radical (unpaired) electrons. The molecule has 1 heterocycles. The number of carbonyl (C=O) groups is 3. The maximum atomic E-state index is 11.0. The standard InChI is InChI=1S/C11H13NO9/c1-5(13)18-8-4-9(21-10(8)12(16)17)11(19-6(2)14)20-7(3)15/h4,8,10-11H,1-3H3. The van der Waals surface area contributed by atoms with Crippen LogP contribution in [0.2, 0.25) is 0 Å². The Kier molecular flexibility index (Phi) is 5.22. The summed E-state index contributed by atoms with van der Waals surface area (Å²) < 4.78 is 19.0. The molecule has 0 aliphatic carbocycles. The van der Waals surface area contributed by atoms with Crippen molar-refractivity contribution in [2.75, 3.05) is 0 Å². The SMILES string of the molecule is CC(=O)OC(OC(C)=O)C1=CC(OC(C)=O)C([N+](=O)[O-])O1. The molecule has 1 aliphatic rings. The van der Waals surface area contributed by atoms with Gasteiger partial charge in [0.2, 0.25) is 6.10 Å². The highest BCUT2D eigenvalue weighted by Crippen LogP contribution is 2.25. The predicted molar refractivity (Wildman–Crippen MR) is 62.8 cm³/mol. The van der Waals surface area contributed by atoms with Gasteiger partial charge < -0.3 is 18.9 Å². The van der Waals surface area contributed by atoms with Crippen molar-refractivity contribution in [3.63, 3.8) is 0 Å².